The van der Waals surface area contributed by atoms with Crippen molar-refractivity contribution in [2.24, 2.45) is 0 Å². The van der Waals surface area contributed by atoms with Crippen LogP contribution < -0.4 is 14.8 Å². The second-order valence-electron chi connectivity index (χ2n) is 6.45. The van der Waals surface area contributed by atoms with E-state index in [4.69, 9.17) is 9.47 Å². The molecule has 1 saturated heterocycles. The van der Waals surface area contributed by atoms with Crippen molar-refractivity contribution in [3.05, 3.63) is 52.0 Å². The molecule has 2 aromatic rings. The molecule has 6 nitrogen and oxygen atoms in total. The van der Waals surface area contributed by atoms with Gasteiger partial charge in [0.05, 0.1) is 18.2 Å². The van der Waals surface area contributed by atoms with Crippen molar-refractivity contribution in [1.29, 1.82) is 0 Å². The van der Waals surface area contributed by atoms with Gasteiger partial charge in [-0.25, -0.2) is 0 Å². The predicted molar refractivity (Wildman–Crippen MR) is 111 cm³/mol. The van der Waals surface area contributed by atoms with Crippen LogP contribution in [0.15, 0.2) is 40.9 Å². The standard InChI is InChI=1S/C21H23BrN2O4/c1-3-28-19-17(22)12-15(13-18(19)27-2)20(25)23-16-8-6-14(7-9-16)21(26)24-10-4-5-11-24/h6-9,12-13H,3-5,10-11H2,1-2H3,(H,23,25). The third-order valence-corrected chi connectivity index (χ3v) is 5.15. The minimum absolute atomic E-state index is 0.0376. The van der Waals surface area contributed by atoms with E-state index in [-0.39, 0.29) is 11.8 Å². The van der Waals surface area contributed by atoms with E-state index in [1.807, 2.05) is 11.8 Å². The molecule has 1 aliphatic rings. The summed E-state index contributed by atoms with van der Waals surface area (Å²) in [5, 5.41) is 2.84. The Morgan fingerprint density at radius 3 is 2.39 bits per heavy atom. The number of anilines is 1. The zero-order valence-corrected chi connectivity index (χ0v) is 17.5. The number of ether oxygens (including phenoxy) is 2. The van der Waals surface area contributed by atoms with Crippen LogP contribution in [0, 0.1) is 0 Å². The van der Waals surface area contributed by atoms with E-state index in [9.17, 15) is 9.59 Å². The van der Waals surface area contributed by atoms with E-state index >= 15 is 0 Å². The Labute approximate surface area is 172 Å². The average Bonchev–Trinajstić information content (AvgIpc) is 3.24. The monoisotopic (exact) mass is 446 g/mol. The number of hydrogen-bond acceptors (Lipinski definition) is 4. The molecule has 1 aliphatic heterocycles. The second kappa shape index (κ2) is 9.10. The Morgan fingerprint density at radius 1 is 1.11 bits per heavy atom. The van der Waals surface area contributed by atoms with Crippen molar-refractivity contribution in [3.63, 3.8) is 0 Å². The summed E-state index contributed by atoms with van der Waals surface area (Å²) in [6.45, 7) is 3.99. The summed E-state index contributed by atoms with van der Waals surface area (Å²) in [5.41, 5.74) is 1.68. The first kappa shape index (κ1) is 20.2. The van der Waals surface area contributed by atoms with Crippen LogP contribution in [0.5, 0.6) is 11.5 Å². The van der Waals surface area contributed by atoms with Crippen LogP contribution in [0.3, 0.4) is 0 Å². The zero-order valence-electron chi connectivity index (χ0n) is 16.0. The number of benzene rings is 2. The van der Waals surface area contributed by atoms with Crippen molar-refractivity contribution in [2.75, 3.05) is 32.1 Å². The van der Waals surface area contributed by atoms with E-state index in [1.54, 1.807) is 36.4 Å². The SMILES string of the molecule is CCOc1c(Br)cc(C(=O)Nc2ccc(C(=O)N3CCCC3)cc2)cc1OC. The lowest BCUT2D eigenvalue weighted by Crippen LogP contribution is -2.27. The van der Waals surface area contributed by atoms with Crippen LogP contribution in [-0.4, -0.2) is 43.5 Å². The van der Waals surface area contributed by atoms with E-state index in [0.717, 1.165) is 25.9 Å². The average molecular weight is 447 g/mol. The van der Waals surface area contributed by atoms with Crippen LogP contribution >= 0.6 is 15.9 Å². The third kappa shape index (κ3) is 4.47. The van der Waals surface area contributed by atoms with Crippen LogP contribution in [0.4, 0.5) is 5.69 Å². The fourth-order valence-corrected chi connectivity index (χ4v) is 3.69. The molecule has 2 aromatic carbocycles. The molecule has 0 bridgehead atoms. The molecule has 0 atom stereocenters. The maximum absolute atomic E-state index is 12.6. The molecule has 0 aliphatic carbocycles. The van der Waals surface area contributed by atoms with Crippen LogP contribution in [0.2, 0.25) is 0 Å². The molecule has 1 heterocycles. The Morgan fingerprint density at radius 2 is 1.79 bits per heavy atom. The summed E-state index contributed by atoms with van der Waals surface area (Å²) in [6, 6.07) is 10.3. The van der Waals surface area contributed by atoms with Gasteiger partial charge in [0.25, 0.3) is 11.8 Å². The van der Waals surface area contributed by atoms with Gasteiger partial charge in [-0.1, -0.05) is 0 Å². The van der Waals surface area contributed by atoms with Crippen molar-refractivity contribution in [2.45, 2.75) is 19.8 Å². The highest BCUT2D eigenvalue weighted by molar-refractivity contribution is 9.10. The normalized spacial score (nSPS) is 13.3. The Hall–Kier alpha value is -2.54. The van der Waals surface area contributed by atoms with Crippen molar-refractivity contribution in [1.82, 2.24) is 4.90 Å². The summed E-state index contributed by atoms with van der Waals surface area (Å²) in [7, 11) is 1.53. The van der Waals surface area contributed by atoms with Gasteiger partial charge in [-0.2, -0.15) is 0 Å². The van der Waals surface area contributed by atoms with Gasteiger partial charge in [0.15, 0.2) is 11.5 Å². The van der Waals surface area contributed by atoms with E-state index in [2.05, 4.69) is 21.2 Å². The quantitative estimate of drug-likeness (QED) is 0.716. The van der Waals surface area contributed by atoms with Crippen molar-refractivity contribution in [3.8, 4) is 11.5 Å². The molecule has 1 fully saturated rings. The van der Waals surface area contributed by atoms with Gasteiger partial charge in [0.2, 0.25) is 0 Å². The molecule has 0 saturated carbocycles. The molecule has 0 aromatic heterocycles. The number of nitrogens with zero attached hydrogens (tertiary/aromatic N) is 1. The third-order valence-electron chi connectivity index (χ3n) is 4.56. The van der Waals surface area contributed by atoms with Crippen LogP contribution in [0.1, 0.15) is 40.5 Å². The summed E-state index contributed by atoms with van der Waals surface area (Å²) >= 11 is 3.42. The number of nitrogens with one attached hydrogen (secondary N) is 1. The van der Waals surface area contributed by atoms with E-state index in [0.29, 0.717) is 39.4 Å². The minimum Gasteiger partial charge on any atom is -0.493 e. The number of amides is 2. The summed E-state index contributed by atoms with van der Waals surface area (Å²) in [6.07, 6.45) is 2.11. The fourth-order valence-electron chi connectivity index (χ4n) is 3.14. The van der Waals surface area contributed by atoms with Crippen LogP contribution in [-0.2, 0) is 0 Å². The first-order valence-corrected chi connectivity index (χ1v) is 10.0. The molecule has 7 heteroatoms. The Kier molecular flexibility index (Phi) is 6.57. The Balaban J connectivity index is 1.72. The first-order chi connectivity index (χ1) is 13.5. The van der Waals surface area contributed by atoms with E-state index in [1.165, 1.54) is 7.11 Å². The highest BCUT2D eigenvalue weighted by Gasteiger charge is 2.19. The topological polar surface area (TPSA) is 67.9 Å². The number of halogens is 1. The molecule has 0 spiro atoms. The number of likely N-dealkylation sites (tertiary alicyclic amines) is 1. The maximum Gasteiger partial charge on any atom is 0.255 e. The molecule has 148 valence electrons. The van der Waals surface area contributed by atoms with Gasteiger partial charge in [0, 0.05) is 29.9 Å². The van der Waals surface area contributed by atoms with Crippen molar-refractivity contribution >= 4 is 33.4 Å². The van der Waals surface area contributed by atoms with Gasteiger partial charge in [-0.15, -0.1) is 0 Å². The molecule has 2 amide bonds. The molecule has 3 rings (SSSR count). The van der Waals surface area contributed by atoms with Gasteiger partial charge >= 0.3 is 0 Å². The molecule has 0 radical (unpaired) electrons. The summed E-state index contributed by atoms with van der Waals surface area (Å²) in [4.78, 5) is 26.9. The highest BCUT2D eigenvalue weighted by atomic mass is 79.9. The lowest BCUT2D eigenvalue weighted by Gasteiger charge is -2.15. The first-order valence-electron chi connectivity index (χ1n) is 9.24. The van der Waals surface area contributed by atoms with Crippen LogP contribution in [0.25, 0.3) is 0 Å². The van der Waals surface area contributed by atoms with Gasteiger partial charge in [-0.05, 0) is 72.1 Å². The fraction of sp³-hybridized carbons (Fsp3) is 0.333. The lowest BCUT2D eigenvalue weighted by atomic mass is 10.1. The number of methoxy groups -OCH3 is 1. The number of rotatable bonds is 6. The minimum atomic E-state index is -0.277. The van der Waals surface area contributed by atoms with E-state index < -0.39 is 0 Å². The van der Waals surface area contributed by atoms with Gasteiger partial charge < -0.3 is 19.7 Å². The lowest BCUT2D eigenvalue weighted by molar-refractivity contribution is 0.0792. The molecule has 1 N–H and O–H groups in total. The summed E-state index contributed by atoms with van der Waals surface area (Å²) < 4.78 is 11.5. The summed E-state index contributed by atoms with van der Waals surface area (Å²) in [5.74, 6) is 0.801. The molecule has 28 heavy (non-hydrogen) atoms. The zero-order chi connectivity index (χ0) is 20.1. The van der Waals surface area contributed by atoms with Crippen molar-refractivity contribution < 1.29 is 19.1 Å². The molecule has 0 unspecified atom stereocenters. The van der Waals surface area contributed by atoms with Gasteiger partial charge in [-0.3, -0.25) is 9.59 Å². The predicted octanol–water partition coefficient (Wildman–Crippen LogP) is 4.34. The van der Waals surface area contributed by atoms with Gasteiger partial charge in [0.1, 0.15) is 0 Å². The Bertz CT molecular complexity index is 861. The largest absolute Gasteiger partial charge is 0.493 e. The molecular weight excluding hydrogens is 424 g/mol. The molecular formula is C21H23BrN2O4. The number of hydrogen-bond donors (Lipinski definition) is 1. The number of carbonyl (C=O) groups is 2. The highest BCUT2D eigenvalue weighted by Crippen LogP contribution is 2.36. The smallest absolute Gasteiger partial charge is 0.255 e. The maximum atomic E-state index is 12.6. The second-order valence-corrected chi connectivity index (χ2v) is 7.31. The number of carbonyl (C=O) groups excluding carboxylic acids is 2.